The zero-order valence-electron chi connectivity index (χ0n) is 19.7. The Kier molecular flexibility index (Phi) is 6.54. The highest BCUT2D eigenvalue weighted by Crippen LogP contribution is 2.24. The molecule has 0 radical (unpaired) electrons. The summed E-state index contributed by atoms with van der Waals surface area (Å²) < 4.78 is 1.94. The van der Waals surface area contributed by atoms with E-state index in [9.17, 15) is 14.4 Å². The van der Waals surface area contributed by atoms with Crippen LogP contribution in [0, 0.1) is 5.92 Å². The van der Waals surface area contributed by atoms with Crippen LogP contribution in [-0.2, 0) is 16.1 Å². The molecule has 0 fully saturated rings. The van der Waals surface area contributed by atoms with Crippen molar-refractivity contribution in [2.24, 2.45) is 15.9 Å². The van der Waals surface area contributed by atoms with E-state index in [0.717, 1.165) is 5.56 Å². The third kappa shape index (κ3) is 4.73. The van der Waals surface area contributed by atoms with E-state index in [1.165, 1.54) is 4.90 Å². The van der Waals surface area contributed by atoms with Gasteiger partial charge >= 0.3 is 0 Å². The van der Waals surface area contributed by atoms with Crippen LogP contribution in [0.3, 0.4) is 0 Å². The van der Waals surface area contributed by atoms with E-state index < -0.39 is 11.9 Å². The summed E-state index contributed by atoms with van der Waals surface area (Å²) in [6.45, 7) is 7.86. The van der Waals surface area contributed by atoms with Crippen LogP contribution in [0.25, 0.3) is 0 Å². The molecule has 2 aliphatic rings. The van der Waals surface area contributed by atoms with Crippen LogP contribution in [0.4, 0.5) is 0 Å². The van der Waals surface area contributed by atoms with Crippen molar-refractivity contribution < 1.29 is 19.0 Å². The summed E-state index contributed by atoms with van der Waals surface area (Å²) in [4.78, 5) is 49.3. The lowest BCUT2D eigenvalue weighted by Gasteiger charge is -2.42. The molecule has 0 bridgehead atoms. The van der Waals surface area contributed by atoms with E-state index in [1.807, 2.05) is 61.0 Å². The molecule has 2 N–H and O–H groups in total. The Labute approximate surface area is 198 Å². The van der Waals surface area contributed by atoms with Crippen LogP contribution >= 0.6 is 0 Å². The molecular weight excluding hydrogens is 432 g/mol. The molecule has 34 heavy (non-hydrogen) atoms. The number of nitrogens with zero attached hydrogens (tertiary/aromatic N) is 4. The zero-order chi connectivity index (χ0) is 24.4. The van der Waals surface area contributed by atoms with Gasteiger partial charge in [0.25, 0.3) is 11.8 Å². The maximum Gasteiger partial charge on any atom is 0.261 e. The standard InChI is InChI=1S/C25H28N6O3/c1-15(2)22(32)28-25-27-21-20(23(33)29-25)31(17(4)16(3)26-21)24(34)19-11-8-12-30(14-19)13-18-9-6-5-7-10-18/h5-12,14-17,20H,13H2,1-4H3,(H-,26,27,28,29,32,33)/p+1. The molecule has 4 rings (SSSR count). The second kappa shape index (κ2) is 9.54. The van der Waals surface area contributed by atoms with Gasteiger partial charge in [0.1, 0.15) is 5.56 Å². The molecule has 0 spiro atoms. The van der Waals surface area contributed by atoms with Gasteiger partial charge in [0, 0.05) is 17.5 Å². The van der Waals surface area contributed by atoms with Gasteiger partial charge in [0.2, 0.25) is 11.9 Å². The van der Waals surface area contributed by atoms with E-state index in [1.54, 1.807) is 26.1 Å². The number of hydrogen-bond donors (Lipinski definition) is 2. The Morgan fingerprint density at radius 1 is 1.15 bits per heavy atom. The van der Waals surface area contributed by atoms with Gasteiger partial charge in [-0.05, 0) is 19.9 Å². The predicted molar refractivity (Wildman–Crippen MR) is 127 cm³/mol. The minimum atomic E-state index is -0.971. The lowest BCUT2D eigenvalue weighted by atomic mass is 10.00. The van der Waals surface area contributed by atoms with Gasteiger partial charge in [-0.15, -0.1) is 0 Å². The molecule has 3 amide bonds. The summed E-state index contributed by atoms with van der Waals surface area (Å²) in [5.74, 6) is -1.02. The number of amidine groups is 1. The molecule has 2 aromatic rings. The lowest BCUT2D eigenvalue weighted by molar-refractivity contribution is -0.688. The highest BCUT2D eigenvalue weighted by atomic mass is 16.2. The van der Waals surface area contributed by atoms with Gasteiger partial charge in [0.15, 0.2) is 30.8 Å². The van der Waals surface area contributed by atoms with Crippen LogP contribution in [0.1, 0.15) is 43.6 Å². The van der Waals surface area contributed by atoms with Crippen molar-refractivity contribution in [1.29, 1.82) is 0 Å². The maximum absolute atomic E-state index is 13.7. The molecule has 176 valence electrons. The van der Waals surface area contributed by atoms with Gasteiger partial charge in [-0.3, -0.25) is 30.0 Å². The van der Waals surface area contributed by atoms with Crippen molar-refractivity contribution in [1.82, 2.24) is 15.5 Å². The average molecular weight is 462 g/mol. The van der Waals surface area contributed by atoms with Gasteiger partial charge in [0.05, 0.1) is 12.1 Å². The normalized spacial score (nSPS) is 21.9. The number of benzene rings is 1. The molecule has 0 saturated heterocycles. The van der Waals surface area contributed by atoms with Crippen molar-refractivity contribution in [2.45, 2.75) is 52.4 Å². The van der Waals surface area contributed by atoms with Crippen molar-refractivity contribution in [3.8, 4) is 0 Å². The number of amides is 3. The number of guanidine groups is 1. The molecule has 0 aliphatic carbocycles. The number of hydrogen-bond acceptors (Lipinski definition) is 5. The first-order chi connectivity index (χ1) is 16.2. The van der Waals surface area contributed by atoms with Crippen LogP contribution in [-0.4, -0.2) is 52.5 Å². The van der Waals surface area contributed by atoms with E-state index in [0.29, 0.717) is 12.1 Å². The topological polar surface area (TPSA) is 107 Å². The summed E-state index contributed by atoms with van der Waals surface area (Å²) in [5, 5.41) is 5.22. The quantitative estimate of drug-likeness (QED) is 0.670. The molecule has 3 atom stereocenters. The van der Waals surface area contributed by atoms with E-state index in [-0.39, 0.29) is 41.6 Å². The largest absolute Gasteiger partial charge is 0.315 e. The fourth-order valence-corrected chi connectivity index (χ4v) is 3.95. The molecule has 9 nitrogen and oxygen atoms in total. The minimum absolute atomic E-state index is 0.0354. The first kappa shape index (κ1) is 23.3. The monoisotopic (exact) mass is 461 g/mol. The second-order valence-electron chi connectivity index (χ2n) is 8.93. The molecular formula is C25H29N6O3+. The van der Waals surface area contributed by atoms with Crippen molar-refractivity contribution in [3.05, 3.63) is 66.0 Å². The molecule has 3 unspecified atom stereocenters. The number of aromatic nitrogens is 1. The summed E-state index contributed by atoms with van der Waals surface area (Å²) in [6.07, 6.45) is 3.69. The van der Waals surface area contributed by atoms with E-state index in [4.69, 9.17) is 0 Å². The Morgan fingerprint density at radius 3 is 2.59 bits per heavy atom. The molecule has 1 aromatic carbocycles. The van der Waals surface area contributed by atoms with Gasteiger partial charge < -0.3 is 4.90 Å². The van der Waals surface area contributed by atoms with Crippen LogP contribution in [0.2, 0.25) is 0 Å². The number of aliphatic imine (C=N–C) groups is 2. The number of fused-ring (bicyclic) bond motifs is 1. The fourth-order valence-electron chi connectivity index (χ4n) is 3.95. The first-order valence-corrected chi connectivity index (χ1v) is 11.4. The predicted octanol–water partition coefficient (Wildman–Crippen LogP) is 1.28. The fraction of sp³-hybridized carbons (Fsp3) is 0.360. The van der Waals surface area contributed by atoms with Crippen LogP contribution < -0.4 is 15.2 Å². The number of nitrogens with one attached hydrogen (secondary N) is 2. The molecule has 9 heteroatoms. The number of rotatable bonds is 4. The van der Waals surface area contributed by atoms with E-state index in [2.05, 4.69) is 20.6 Å². The number of carbonyl (C=O) groups excluding carboxylic acids is 3. The highest BCUT2D eigenvalue weighted by Gasteiger charge is 2.45. The van der Waals surface area contributed by atoms with Gasteiger partial charge in [-0.1, -0.05) is 44.2 Å². The maximum atomic E-state index is 13.7. The van der Waals surface area contributed by atoms with Gasteiger partial charge in [-0.2, -0.15) is 9.56 Å². The Bertz CT molecular complexity index is 1170. The Hall–Kier alpha value is -3.88. The van der Waals surface area contributed by atoms with Gasteiger partial charge in [-0.25, -0.2) is 0 Å². The zero-order valence-corrected chi connectivity index (χ0v) is 19.7. The SMILES string of the molecule is CC(C)C(=O)NC1=NC2=NC(C)C(C)N(C(=O)c3ccc[n+](Cc4ccccc4)c3)C2C(=O)N1. The first-order valence-electron chi connectivity index (χ1n) is 11.4. The third-order valence-corrected chi connectivity index (χ3v) is 6.03. The second-order valence-corrected chi connectivity index (χ2v) is 8.93. The molecule has 1 aromatic heterocycles. The summed E-state index contributed by atoms with van der Waals surface area (Å²) >= 11 is 0. The smallest absolute Gasteiger partial charge is 0.261 e. The lowest BCUT2D eigenvalue weighted by Crippen LogP contribution is -2.65. The average Bonchev–Trinajstić information content (AvgIpc) is 2.80. The van der Waals surface area contributed by atoms with E-state index >= 15 is 0 Å². The van der Waals surface area contributed by atoms with Crippen molar-refractivity contribution in [2.75, 3.05) is 0 Å². The summed E-state index contributed by atoms with van der Waals surface area (Å²) in [6, 6.07) is 12.0. The van der Waals surface area contributed by atoms with Crippen LogP contribution in [0.15, 0.2) is 64.8 Å². The molecule has 0 saturated carbocycles. The minimum Gasteiger partial charge on any atom is -0.315 e. The molecule has 3 heterocycles. The van der Waals surface area contributed by atoms with Crippen molar-refractivity contribution in [3.63, 3.8) is 0 Å². The number of carbonyl (C=O) groups is 3. The third-order valence-electron chi connectivity index (χ3n) is 6.03. The molecule has 2 aliphatic heterocycles. The Morgan fingerprint density at radius 2 is 1.88 bits per heavy atom. The summed E-state index contributed by atoms with van der Waals surface area (Å²) in [7, 11) is 0. The Balaban J connectivity index is 1.62. The highest BCUT2D eigenvalue weighted by molar-refractivity contribution is 6.23. The number of pyridine rings is 1. The van der Waals surface area contributed by atoms with Crippen molar-refractivity contribution >= 4 is 29.5 Å². The van der Waals surface area contributed by atoms with Crippen LogP contribution in [0.5, 0.6) is 0 Å². The summed E-state index contributed by atoms with van der Waals surface area (Å²) in [5.41, 5.74) is 1.58.